The zero-order valence-electron chi connectivity index (χ0n) is 11.2. The maximum Gasteiger partial charge on any atom is 0.377 e. The van der Waals surface area contributed by atoms with E-state index in [2.05, 4.69) is 32.9 Å². The Bertz CT molecular complexity index is 380. The molecule has 1 aromatic rings. The predicted molar refractivity (Wildman–Crippen MR) is 64.9 cm³/mol. The number of carbonyl (C=O) groups excluding carboxylic acids is 1. The summed E-state index contributed by atoms with van der Waals surface area (Å²) in [5.74, 6) is 0.290. The summed E-state index contributed by atoms with van der Waals surface area (Å²) in [5, 5.41) is 3.97. The molecule has 4 heteroatoms. The van der Waals surface area contributed by atoms with Crippen LogP contribution in [0.1, 0.15) is 57.3 Å². The number of hydrogen-bond donors (Lipinski definition) is 0. The Hall–Kier alpha value is -1.32. The van der Waals surface area contributed by atoms with Crippen LogP contribution in [0.5, 0.6) is 0 Å². The van der Waals surface area contributed by atoms with Crippen molar-refractivity contribution in [2.45, 2.75) is 46.5 Å². The molecule has 0 bridgehead atoms. The average Bonchev–Trinajstić information content (AvgIpc) is 2.65. The van der Waals surface area contributed by atoms with E-state index < -0.39 is 5.97 Å². The molecule has 1 heterocycles. The van der Waals surface area contributed by atoms with Crippen LogP contribution < -0.4 is 0 Å². The first-order valence-corrected chi connectivity index (χ1v) is 6.01. The zero-order chi connectivity index (χ0) is 13.1. The maximum atomic E-state index is 11.5. The SMILES string of the molecule is CCOC(=O)c1cc(C(C)(C)CC(C)C)no1. The molecule has 0 saturated heterocycles. The van der Waals surface area contributed by atoms with Crippen LogP contribution in [0, 0.1) is 5.92 Å². The Balaban J connectivity index is 2.83. The van der Waals surface area contributed by atoms with E-state index >= 15 is 0 Å². The summed E-state index contributed by atoms with van der Waals surface area (Å²) in [6, 6.07) is 1.68. The van der Waals surface area contributed by atoms with Gasteiger partial charge in [0.25, 0.3) is 0 Å². The fourth-order valence-corrected chi connectivity index (χ4v) is 2.02. The van der Waals surface area contributed by atoms with Gasteiger partial charge in [0, 0.05) is 11.5 Å². The summed E-state index contributed by atoms with van der Waals surface area (Å²) < 4.78 is 9.88. The number of nitrogens with zero attached hydrogens (tertiary/aromatic N) is 1. The van der Waals surface area contributed by atoms with E-state index in [1.54, 1.807) is 13.0 Å². The summed E-state index contributed by atoms with van der Waals surface area (Å²) in [5.41, 5.74) is 0.705. The quantitative estimate of drug-likeness (QED) is 0.740. The van der Waals surface area contributed by atoms with Crippen LogP contribution in [0.4, 0.5) is 0 Å². The molecule has 0 fully saturated rings. The number of aromatic nitrogens is 1. The molecule has 0 saturated carbocycles. The highest BCUT2D eigenvalue weighted by Crippen LogP contribution is 2.30. The molecule has 0 atom stereocenters. The Morgan fingerprint density at radius 2 is 2.18 bits per heavy atom. The van der Waals surface area contributed by atoms with Crippen molar-refractivity contribution in [1.82, 2.24) is 5.16 Å². The topological polar surface area (TPSA) is 52.3 Å². The smallest absolute Gasteiger partial charge is 0.377 e. The summed E-state index contributed by atoms with van der Waals surface area (Å²) in [6.07, 6.45) is 0.988. The highest BCUT2D eigenvalue weighted by molar-refractivity contribution is 5.86. The van der Waals surface area contributed by atoms with Gasteiger partial charge in [-0.15, -0.1) is 0 Å². The first-order valence-electron chi connectivity index (χ1n) is 6.01. The van der Waals surface area contributed by atoms with Crippen molar-refractivity contribution in [3.05, 3.63) is 17.5 Å². The van der Waals surface area contributed by atoms with Gasteiger partial charge in [-0.25, -0.2) is 4.79 Å². The van der Waals surface area contributed by atoms with E-state index in [-0.39, 0.29) is 11.2 Å². The van der Waals surface area contributed by atoms with E-state index in [0.717, 1.165) is 12.1 Å². The minimum Gasteiger partial charge on any atom is -0.460 e. The van der Waals surface area contributed by atoms with Crippen molar-refractivity contribution < 1.29 is 14.1 Å². The molecule has 96 valence electrons. The van der Waals surface area contributed by atoms with Crippen LogP contribution >= 0.6 is 0 Å². The van der Waals surface area contributed by atoms with E-state index in [9.17, 15) is 4.79 Å². The van der Waals surface area contributed by atoms with E-state index in [0.29, 0.717) is 12.5 Å². The Morgan fingerprint density at radius 1 is 1.53 bits per heavy atom. The van der Waals surface area contributed by atoms with Crippen LogP contribution in [0.25, 0.3) is 0 Å². The molecule has 0 N–H and O–H groups in total. The van der Waals surface area contributed by atoms with Crippen LogP contribution in [0.15, 0.2) is 10.6 Å². The fourth-order valence-electron chi connectivity index (χ4n) is 2.02. The lowest BCUT2D eigenvalue weighted by Crippen LogP contribution is -2.20. The lowest BCUT2D eigenvalue weighted by Gasteiger charge is -2.23. The van der Waals surface area contributed by atoms with Crippen molar-refractivity contribution in [1.29, 1.82) is 0 Å². The monoisotopic (exact) mass is 239 g/mol. The summed E-state index contributed by atoms with van der Waals surface area (Å²) in [7, 11) is 0. The molecule has 0 radical (unpaired) electrons. The van der Waals surface area contributed by atoms with Gasteiger partial charge in [0.1, 0.15) is 0 Å². The maximum absolute atomic E-state index is 11.5. The van der Waals surface area contributed by atoms with Crippen molar-refractivity contribution in [2.75, 3.05) is 6.61 Å². The van der Waals surface area contributed by atoms with E-state index in [1.807, 2.05) is 0 Å². The number of carbonyl (C=O) groups is 1. The van der Waals surface area contributed by atoms with Gasteiger partial charge in [-0.1, -0.05) is 32.9 Å². The molecule has 0 spiro atoms. The molecular weight excluding hydrogens is 218 g/mol. The lowest BCUT2D eigenvalue weighted by atomic mass is 9.81. The van der Waals surface area contributed by atoms with E-state index in [4.69, 9.17) is 9.26 Å². The van der Waals surface area contributed by atoms with Crippen LogP contribution in [0.3, 0.4) is 0 Å². The Labute approximate surface area is 102 Å². The largest absolute Gasteiger partial charge is 0.460 e. The molecule has 17 heavy (non-hydrogen) atoms. The third kappa shape index (κ3) is 3.58. The van der Waals surface area contributed by atoms with Gasteiger partial charge in [0.05, 0.1) is 12.3 Å². The molecule has 0 unspecified atom stereocenters. The van der Waals surface area contributed by atoms with E-state index in [1.165, 1.54) is 0 Å². The molecule has 0 aliphatic rings. The third-order valence-corrected chi connectivity index (χ3v) is 2.60. The summed E-state index contributed by atoms with van der Waals surface area (Å²) >= 11 is 0. The van der Waals surface area contributed by atoms with Crippen molar-refractivity contribution in [3.8, 4) is 0 Å². The molecule has 1 aromatic heterocycles. The second kappa shape index (κ2) is 5.34. The molecule has 0 aliphatic heterocycles. The Kier molecular flexibility index (Phi) is 4.32. The van der Waals surface area contributed by atoms with Crippen LogP contribution in [-0.2, 0) is 10.2 Å². The second-order valence-electron chi connectivity index (χ2n) is 5.28. The van der Waals surface area contributed by atoms with Gasteiger partial charge in [0.15, 0.2) is 0 Å². The van der Waals surface area contributed by atoms with Gasteiger partial charge in [-0.05, 0) is 19.3 Å². The minimum absolute atomic E-state index is 0.0948. The number of hydrogen-bond acceptors (Lipinski definition) is 4. The van der Waals surface area contributed by atoms with Gasteiger partial charge >= 0.3 is 5.97 Å². The van der Waals surface area contributed by atoms with Gasteiger partial charge in [-0.3, -0.25) is 0 Å². The molecular formula is C13H21NO3. The lowest BCUT2D eigenvalue weighted by molar-refractivity contribution is 0.0479. The van der Waals surface area contributed by atoms with Crippen LogP contribution in [0.2, 0.25) is 0 Å². The highest BCUT2D eigenvalue weighted by Gasteiger charge is 2.27. The number of esters is 1. The molecule has 0 aromatic carbocycles. The minimum atomic E-state index is -0.452. The second-order valence-corrected chi connectivity index (χ2v) is 5.28. The zero-order valence-corrected chi connectivity index (χ0v) is 11.2. The molecule has 0 amide bonds. The number of rotatable bonds is 5. The van der Waals surface area contributed by atoms with Gasteiger partial charge in [0.2, 0.25) is 5.76 Å². The van der Waals surface area contributed by atoms with Gasteiger partial charge in [-0.2, -0.15) is 0 Å². The molecule has 1 rings (SSSR count). The highest BCUT2D eigenvalue weighted by atomic mass is 16.6. The number of ether oxygens (including phenoxy) is 1. The average molecular weight is 239 g/mol. The predicted octanol–water partition coefficient (Wildman–Crippen LogP) is 3.18. The first-order chi connectivity index (χ1) is 7.86. The fraction of sp³-hybridized carbons (Fsp3) is 0.692. The van der Waals surface area contributed by atoms with Crippen LogP contribution in [-0.4, -0.2) is 17.7 Å². The van der Waals surface area contributed by atoms with Gasteiger partial charge < -0.3 is 9.26 Å². The van der Waals surface area contributed by atoms with Crippen molar-refractivity contribution >= 4 is 5.97 Å². The molecule has 0 aliphatic carbocycles. The standard InChI is InChI=1S/C13H21NO3/c1-6-16-12(15)10-7-11(14-17-10)13(4,5)8-9(2)3/h7,9H,6,8H2,1-5H3. The van der Waals surface area contributed by atoms with Crippen molar-refractivity contribution in [3.63, 3.8) is 0 Å². The third-order valence-electron chi connectivity index (χ3n) is 2.60. The summed E-state index contributed by atoms with van der Waals surface area (Å²) in [4.78, 5) is 11.5. The molecule has 4 nitrogen and oxygen atoms in total. The Morgan fingerprint density at radius 3 is 2.71 bits per heavy atom. The normalized spacial score (nSPS) is 11.9. The first kappa shape index (κ1) is 13.7. The van der Waals surface area contributed by atoms with Crippen molar-refractivity contribution in [2.24, 2.45) is 5.92 Å². The summed E-state index contributed by atoms with van der Waals surface area (Å²) in [6.45, 7) is 10.6.